The minimum absolute atomic E-state index is 0.158. The van der Waals surface area contributed by atoms with Crippen LogP contribution in [0.25, 0.3) is 10.2 Å². The SMILES string of the molecule is CCN(CC)C(=O)Nc1ccc2nc(N3C(=O)CCC3=O)sc2c1. The Hall–Kier alpha value is -2.48. The number of nitrogens with one attached hydrogen (secondary N) is 1. The molecule has 0 radical (unpaired) electrons. The molecule has 8 heteroatoms. The van der Waals surface area contributed by atoms with Crippen LogP contribution >= 0.6 is 11.3 Å². The van der Waals surface area contributed by atoms with Crippen molar-refractivity contribution in [3.8, 4) is 0 Å². The van der Waals surface area contributed by atoms with Gasteiger partial charge in [-0.15, -0.1) is 0 Å². The molecule has 126 valence electrons. The molecule has 2 heterocycles. The van der Waals surface area contributed by atoms with Crippen LogP contribution in [0.2, 0.25) is 0 Å². The standard InChI is InChI=1S/C16H18N4O3S/c1-3-19(4-2)15(23)17-10-5-6-11-12(9-10)24-16(18-11)20-13(21)7-8-14(20)22/h5-6,9H,3-4,7-8H2,1-2H3,(H,17,23). The van der Waals surface area contributed by atoms with Gasteiger partial charge >= 0.3 is 6.03 Å². The number of anilines is 2. The molecule has 1 aromatic carbocycles. The number of hydrogen-bond donors (Lipinski definition) is 1. The van der Waals surface area contributed by atoms with E-state index >= 15 is 0 Å². The first-order valence-corrected chi connectivity index (χ1v) is 8.67. The summed E-state index contributed by atoms with van der Waals surface area (Å²) in [5.41, 5.74) is 1.36. The number of urea groups is 1. The van der Waals surface area contributed by atoms with Crippen LogP contribution in [0.3, 0.4) is 0 Å². The van der Waals surface area contributed by atoms with Gasteiger partial charge in [-0.05, 0) is 32.0 Å². The van der Waals surface area contributed by atoms with Crippen molar-refractivity contribution in [1.29, 1.82) is 0 Å². The third kappa shape index (κ3) is 2.96. The van der Waals surface area contributed by atoms with Gasteiger partial charge in [0.1, 0.15) is 0 Å². The molecule has 1 aliphatic rings. The normalized spacial score (nSPS) is 14.5. The van der Waals surface area contributed by atoms with Crippen molar-refractivity contribution >= 4 is 50.2 Å². The molecule has 1 aliphatic heterocycles. The monoisotopic (exact) mass is 346 g/mol. The minimum atomic E-state index is -0.214. The highest BCUT2D eigenvalue weighted by Crippen LogP contribution is 2.33. The van der Waals surface area contributed by atoms with Crippen molar-refractivity contribution in [2.45, 2.75) is 26.7 Å². The smallest absolute Gasteiger partial charge is 0.321 e. The molecule has 0 atom stereocenters. The first kappa shape index (κ1) is 16.4. The van der Waals surface area contributed by atoms with Gasteiger partial charge in [-0.1, -0.05) is 11.3 Å². The number of benzene rings is 1. The summed E-state index contributed by atoms with van der Waals surface area (Å²) in [6, 6.07) is 5.19. The Balaban J connectivity index is 1.85. The zero-order valence-electron chi connectivity index (χ0n) is 13.5. The van der Waals surface area contributed by atoms with Crippen molar-refractivity contribution in [3.63, 3.8) is 0 Å². The lowest BCUT2D eigenvalue weighted by Crippen LogP contribution is -2.34. The van der Waals surface area contributed by atoms with Gasteiger partial charge in [0.25, 0.3) is 0 Å². The molecule has 4 amide bonds. The molecule has 0 unspecified atom stereocenters. The largest absolute Gasteiger partial charge is 0.325 e. The summed E-state index contributed by atoms with van der Waals surface area (Å²) in [5.74, 6) is -0.428. The lowest BCUT2D eigenvalue weighted by molar-refractivity contribution is -0.121. The van der Waals surface area contributed by atoms with Gasteiger partial charge in [0.2, 0.25) is 11.8 Å². The fourth-order valence-electron chi connectivity index (χ4n) is 2.59. The van der Waals surface area contributed by atoms with E-state index in [4.69, 9.17) is 0 Å². The first-order valence-electron chi connectivity index (χ1n) is 7.85. The summed E-state index contributed by atoms with van der Waals surface area (Å²) in [6.07, 6.45) is 0.472. The number of hydrogen-bond acceptors (Lipinski definition) is 5. The van der Waals surface area contributed by atoms with Gasteiger partial charge in [0.15, 0.2) is 5.13 Å². The van der Waals surface area contributed by atoms with Crippen LogP contribution in [-0.4, -0.2) is 40.8 Å². The maximum absolute atomic E-state index is 12.1. The van der Waals surface area contributed by atoms with E-state index in [0.717, 1.165) is 9.60 Å². The van der Waals surface area contributed by atoms with Gasteiger partial charge in [-0.2, -0.15) is 0 Å². The van der Waals surface area contributed by atoms with Gasteiger partial charge < -0.3 is 10.2 Å². The Bertz CT molecular complexity index is 797. The third-order valence-electron chi connectivity index (χ3n) is 3.92. The molecular formula is C16H18N4O3S. The zero-order valence-corrected chi connectivity index (χ0v) is 14.4. The molecular weight excluding hydrogens is 328 g/mol. The van der Waals surface area contributed by atoms with Crippen LogP contribution in [-0.2, 0) is 9.59 Å². The van der Waals surface area contributed by atoms with Gasteiger partial charge in [-0.3, -0.25) is 9.59 Å². The van der Waals surface area contributed by atoms with E-state index in [1.165, 1.54) is 11.3 Å². The van der Waals surface area contributed by atoms with Crippen LogP contribution in [0.5, 0.6) is 0 Å². The molecule has 0 bridgehead atoms. The molecule has 0 aliphatic carbocycles. The van der Waals surface area contributed by atoms with E-state index in [-0.39, 0.29) is 30.7 Å². The first-order chi connectivity index (χ1) is 11.5. The van der Waals surface area contributed by atoms with E-state index in [1.807, 2.05) is 19.9 Å². The maximum Gasteiger partial charge on any atom is 0.321 e. The number of rotatable bonds is 4. The quantitative estimate of drug-likeness (QED) is 0.863. The summed E-state index contributed by atoms with van der Waals surface area (Å²) in [6.45, 7) is 5.11. The Kier molecular flexibility index (Phi) is 4.48. The summed E-state index contributed by atoms with van der Waals surface area (Å²) >= 11 is 1.27. The second-order valence-electron chi connectivity index (χ2n) is 5.40. The summed E-state index contributed by atoms with van der Waals surface area (Å²) in [4.78, 5) is 43.0. The van der Waals surface area contributed by atoms with E-state index < -0.39 is 0 Å². The Labute approximate surface area is 143 Å². The van der Waals surface area contributed by atoms with Crippen molar-refractivity contribution in [2.75, 3.05) is 23.3 Å². The highest BCUT2D eigenvalue weighted by molar-refractivity contribution is 7.22. The van der Waals surface area contributed by atoms with Crippen molar-refractivity contribution in [1.82, 2.24) is 9.88 Å². The number of carbonyl (C=O) groups excluding carboxylic acids is 3. The molecule has 3 rings (SSSR count). The number of imide groups is 1. The van der Waals surface area contributed by atoms with Crippen LogP contribution in [0.1, 0.15) is 26.7 Å². The molecule has 1 fully saturated rings. The van der Waals surface area contributed by atoms with Crippen LogP contribution < -0.4 is 10.2 Å². The molecule has 0 spiro atoms. The molecule has 1 saturated heterocycles. The minimum Gasteiger partial charge on any atom is -0.325 e. The second kappa shape index (κ2) is 6.56. The highest BCUT2D eigenvalue weighted by Gasteiger charge is 2.32. The number of thiazole rings is 1. The summed E-state index contributed by atoms with van der Waals surface area (Å²) < 4.78 is 0.815. The van der Waals surface area contributed by atoms with Crippen molar-refractivity contribution in [2.24, 2.45) is 0 Å². The zero-order chi connectivity index (χ0) is 17.3. The van der Waals surface area contributed by atoms with Gasteiger partial charge in [0, 0.05) is 31.6 Å². The average molecular weight is 346 g/mol. The van der Waals surface area contributed by atoms with Gasteiger partial charge in [0.05, 0.1) is 10.2 Å². The number of aromatic nitrogens is 1. The second-order valence-corrected chi connectivity index (χ2v) is 6.41. The highest BCUT2D eigenvalue weighted by atomic mass is 32.1. The van der Waals surface area contributed by atoms with Crippen molar-refractivity contribution in [3.05, 3.63) is 18.2 Å². The summed E-state index contributed by atoms with van der Waals surface area (Å²) in [5, 5.41) is 3.24. The van der Waals surface area contributed by atoms with Crippen LogP contribution in [0.4, 0.5) is 15.6 Å². The Morgan fingerprint density at radius 2 is 1.92 bits per heavy atom. The molecule has 2 aromatic rings. The molecule has 24 heavy (non-hydrogen) atoms. The van der Waals surface area contributed by atoms with E-state index in [0.29, 0.717) is 29.4 Å². The summed E-state index contributed by atoms with van der Waals surface area (Å²) in [7, 11) is 0. The number of fused-ring (bicyclic) bond motifs is 1. The maximum atomic E-state index is 12.1. The Morgan fingerprint density at radius 3 is 2.54 bits per heavy atom. The fraction of sp³-hybridized carbons (Fsp3) is 0.375. The number of carbonyl (C=O) groups is 3. The predicted octanol–water partition coefficient (Wildman–Crippen LogP) is 2.82. The van der Waals surface area contributed by atoms with E-state index in [2.05, 4.69) is 10.3 Å². The number of amides is 4. The van der Waals surface area contributed by atoms with Crippen LogP contribution in [0.15, 0.2) is 18.2 Å². The molecule has 1 aromatic heterocycles. The lowest BCUT2D eigenvalue weighted by atomic mass is 10.3. The fourth-order valence-corrected chi connectivity index (χ4v) is 3.63. The molecule has 7 nitrogen and oxygen atoms in total. The molecule has 0 saturated carbocycles. The predicted molar refractivity (Wildman–Crippen MR) is 93.3 cm³/mol. The third-order valence-corrected chi connectivity index (χ3v) is 4.93. The Morgan fingerprint density at radius 1 is 1.25 bits per heavy atom. The van der Waals surface area contributed by atoms with E-state index in [1.54, 1.807) is 17.0 Å². The van der Waals surface area contributed by atoms with Crippen molar-refractivity contribution < 1.29 is 14.4 Å². The van der Waals surface area contributed by atoms with Crippen LogP contribution in [0, 0.1) is 0 Å². The lowest BCUT2D eigenvalue weighted by Gasteiger charge is -2.19. The average Bonchev–Trinajstić information content (AvgIpc) is 3.10. The topological polar surface area (TPSA) is 82.6 Å². The van der Waals surface area contributed by atoms with E-state index in [9.17, 15) is 14.4 Å². The van der Waals surface area contributed by atoms with Gasteiger partial charge in [-0.25, -0.2) is 14.7 Å². The molecule has 1 N–H and O–H groups in total. The number of nitrogens with zero attached hydrogens (tertiary/aromatic N) is 3.